The number of ether oxygens (including phenoxy) is 1. The van der Waals surface area contributed by atoms with Gasteiger partial charge in [0.15, 0.2) is 0 Å². The Labute approximate surface area is 124 Å². The maximum absolute atomic E-state index is 11.0. The van der Waals surface area contributed by atoms with E-state index >= 15 is 0 Å². The molecular weight excluding hydrogens is 250 g/mol. The Morgan fingerprint density at radius 2 is 1.40 bits per heavy atom. The zero-order valence-electron chi connectivity index (χ0n) is 13.5. The first-order valence-corrected chi connectivity index (χ1v) is 8.71. The molecule has 0 bridgehead atoms. The van der Waals surface area contributed by atoms with Crippen molar-refractivity contribution in [2.75, 3.05) is 0 Å². The predicted octanol–water partition coefficient (Wildman–Crippen LogP) is 5.18. The second-order valence-electron chi connectivity index (χ2n) is 6.20. The van der Waals surface area contributed by atoms with Crippen LogP contribution in [0.15, 0.2) is 0 Å². The van der Waals surface area contributed by atoms with Crippen molar-refractivity contribution in [1.82, 2.24) is 5.32 Å². The third kappa shape index (κ3) is 7.76. The Hall–Kier alpha value is -0.730. The molecule has 0 saturated carbocycles. The van der Waals surface area contributed by atoms with Gasteiger partial charge < -0.3 is 10.1 Å². The minimum Gasteiger partial charge on any atom is -0.444 e. The quantitative estimate of drug-likeness (QED) is 0.501. The second-order valence-corrected chi connectivity index (χ2v) is 6.20. The van der Waals surface area contributed by atoms with Crippen molar-refractivity contribution in [3.63, 3.8) is 0 Å². The van der Waals surface area contributed by atoms with Crippen LogP contribution in [0.3, 0.4) is 0 Å². The van der Waals surface area contributed by atoms with E-state index in [1.54, 1.807) is 0 Å². The fraction of sp³-hybridized carbons (Fsp3) is 0.941. The predicted molar refractivity (Wildman–Crippen MR) is 83.9 cm³/mol. The molecule has 3 heteroatoms. The minimum absolute atomic E-state index is 0.0982. The fourth-order valence-electron chi connectivity index (χ4n) is 2.87. The van der Waals surface area contributed by atoms with Gasteiger partial charge in [-0.2, -0.15) is 0 Å². The summed E-state index contributed by atoms with van der Waals surface area (Å²) >= 11 is 0. The molecule has 0 unspecified atom stereocenters. The monoisotopic (exact) mass is 283 g/mol. The maximum atomic E-state index is 11.0. The van der Waals surface area contributed by atoms with Crippen LogP contribution in [0.4, 0.5) is 4.79 Å². The van der Waals surface area contributed by atoms with Gasteiger partial charge in [-0.05, 0) is 19.8 Å². The summed E-state index contributed by atoms with van der Waals surface area (Å²) in [6.45, 7) is 4.29. The summed E-state index contributed by atoms with van der Waals surface area (Å²) in [6.07, 6.45) is 15.8. The number of unbranched alkanes of at least 4 members (excludes halogenated alkanes) is 10. The molecule has 1 rings (SSSR count). The van der Waals surface area contributed by atoms with Gasteiger partial charge in [0.25, 0.3) is 0 Å². The molecule has 0 aromatic rings. The lowest BCUT2D eigenvalue weighted by Gasteiger charge is -2.12. The van der Waals surface area contributed by atoms with Crippen LogP contribution in [0.2, 0.25) is 0 Å². The highest BCUT2D eigenvalue weighted by molar-refractivity contribution is 5.70. The van der Waals surface area contributed by atoms with E-state index in [4.69, 9.17) is 4.74 Å². The van der Waals surface area contributed by atoms with Gasteiger partial charge >= 0.3 is 6.09 Å². The van der Waals surface area contributed by atoms with Gasteiger partial charge in [-0.15, -0.1) is 0 Å². The lowest BCUT2D eigenvalue weighted by molar-refractivity contribution is 0.126. The SMILES string of the molecule is CCCCCCCCCCCCC[C@H]1OC(=O)N[C@H]1C. The molecule has 0 spiro atoms. The summed E-state index contributed by atoms with van der Waals surface area (Å²) in [5.41, 5.74) is 0. The number of rotatable bonds is 12. The third-order valence-electron chi connectivity index (χ3n) is 4.25. The van der Waals surface area contributed by atoms with Gasteiger partial charge in [0, 0.05) is 0 Å². The molecule has 1 N–H and O–H groups in total. The molecule has 3 nitrogen and oxygen atoms in total. The van der Waals surface area contributed by atoms with Crippen LogP contribution in [0, 0.1) is 0 Å². The highest BCUT2D eigenvalue weighted by Gasteiger charge is 2.29. The number of cyclic esters (lactones) is 1. The van der Waals surface area contributed by atoms with E-state index in [-0.39, 0.29) is 18.2 Å². The van der Waals surface area contributed by atoms with Gasteiger partial charge in [-0.3, -0.25) is 0 Å². The van der Waals surface area contributed by atoms with Crippen molar-refractivity contribution in [3.05, 3.63) is 0 Å². The van der Waals surface area contributed by atoms with Crippen LogP contribution < -0.4 is 5.32 Å². The first-order valence-electron chi connectivity index (χ1n) is 8.71. The Bertz CT molecular complexity index is 255. The van der Waals surface area contributed by atoms with Crippen LogP contribution in [0.25, 0.3) is 0 Å². The molecule has 20 heavy (non-hydrogen) atoms. The lowest BCUT2D eigenvalue weighted by Crippen LogP contribution is -2.27. The number of hydrogen-bond donors (Lipinski definition) is 1. The van der Waals surface area contributed by atoms with Crippen molar-refractivity contribution in [2.45, 2.75) is 103 Å². The van der Waals surface area contributed by atoms with Crippen LogP contribution in [-0.2, 0) is 4.74 Å². The molecule has 2 atom stereocenters. The van der Waals surface area contributed by atoms with Crippen molar-refractivity contribution in [3.8, 4) is 0 Å². The normalized spacial score (nSPS) is 21.8. The first kappa shape index (κ1) is 17.3. The summed E-state index contributed by atoms with van der Waals surface area (Å²) < 4.78 is 5.22. The molecule has 1 amide bonds. The number of amides is 1. The standard InChI is InChI=1S/C17H33NO2/c1-3-4-5-6-7-8-9-10-11-12-13-14-16-15(2)18-17(19)20-16/h15-16H,3-14H2,1-2H3,(H,18,19)/t15-,16+/m0/s1. The first-order chi connectivity index (χ1) is 9.74. The molecular formula is C17H33NO2. The van der Waals surface area contributed by atoms with Crippen LogP contribution in [0.1, 0.15) is 90.9 Å². The number of carbonyl (C=O) groups excluding carboxylic acids is 1. The summed E-state index contributed by atoms with van der Waals surface area (Å²) in [7, 11) is 0. The molecule has 1 fully saturated rings. The van der Waals surface area contributed by atoms with E-state index in [0.29, 0.717) is 0 Å². The molecule has 0 radical (unpaired) electrons. The van der Waals surface area contributed by atoms with E-state index in [0.717, 1.165) is 6.42 Å². The average Bonchev–Trinajstić information content (AvgIpc) is 2.74. The largest absolute Gasteiger partial charge is 0.444 e. The molecule has 0 aromatic carbocycles. The molecule has 1 aliphatic rings. The van der Waals surface area contributed by atoms with E-state index in [1.807, 2.05) is 6.92 Å². The zero-order chi connectivity index (χ0) is 14.6. The van der Waals surface area contributed by atoms with Crippen LogP contribution in [0.5, 0.6) is 0 Å². The van der Waals surface area contributed by atoms with E-state index in [2.05, 4.69) is 12.2 Å². The molecule has 0 aliphatic carbocycles. The zero-order valence-corrected chi connectivity index (χ0v) is 13.5. The van der Waals surface area contributed by atoms with Crippen molar-refractivity contribution >= 4 is 6.09 Å². The van der Waals surface area contributed by atoms with Gasteiger partial charge in [-0.1, -0.05) is 71.1 Å². The van der Waals surface area contributed by atoms with Gasteiger partial charge in [0.1, 0.15) is 6.10 Å². The molecule has 1 aliphatic heterocycles. The highest BCUT2D eigenvalue weighted by Crippen LogP contribution is 2.17. The second kappa shape index (κ2) is 11.0. The summed E-state index contributed by atoms with van der Waals surface area (Å²) in [4.78, 5) is 11.0. The average molecular weight is 283 g/mol. The number of hydrogen-bond acceptors (Lipinski definition) is 2. The lowest BCUT2D eigenvalue weighted by atomic mass is 10.0. The smallest absolute Gasteiger partial charge is 0.407 e. The number of carbonyl (C=O) groups is 1. The van der Waals surface area contributed by atoms with Gasteiger partial charge in [-0.25, -0.2) is 4.79 Å². The highest BCUT2D eigenvalue weighted by atomic mass is 16.6. The van der Waals surface area contributed by atoms with E-state index < -0.39 is 0 Å². The Morgan fingerprint density at radius 3 is 1.85 bits per heavy atom. The fourth-order valence-corrected chi connectivity index (χ4v) is 2.87. The molecule has 0 aromatic heterocycles. The number of alkyl carbamates (subject to hydrolysis) is 1. The molecule has 1 heterocycles. The Morgan fingerprint density at radius 1 is 0.900 bits per heavy atom. The summed E-state index contributed by atoms with van der Waals surface area (Å²) in [5, 5.41) is 2.80. The van der Waals surface area contributed by atoms with Gasteiger partial charge in [0.2, 0.25) is 0 Å². The maximum Gasteiger partial charge on any atom is 0.407 e. The molecule has 118 valence electrons. The Kier molecular flexibility index (Phi) is 9.52. The summed E-state index contributed by atoms with van der Waals surface area (Å²) in [6, 6.07) is 0.186. The number of nitrogens with one attached hydrogen (secondary N) is 1. The molecule has 1 saturated heterocycles. The van der Waals surface area contributed by atoms with E-state index in [1.165, 1.54) is 70.6 Å². The van der Waals surface area contributed by atoms with Crippen molar-refractivity contribution in [2.24, 2.45) is 0 Å². The van der Waals surface area contributed by atoms with Crippen LogP contribution in [-0.4, -0.2) is 18.2 Å². The van der Waals surface area contributed by atoms with Crippen molar-refractivity contribution < 1.29 is 9.53 Å². The third-order valence-corrected chi connectivity index (χ3v) is 4.25. The van der Waals surface area contributed by atoms with Crippen molar-refractivity contribution in [1.29, 1.82) is 0 Å². The minimum atomic E-state index is -0.245. The van der Waals surface area contributed by atoms with Gasteiger partial charge in [0.05, 0.1) is 6.04 Å². The van der Waals surface area contributed by atoms with E-state index in [9.17, 15) is 4.79 Å². The summed E-state index contributed by atoms with van der Waals surface area (Å²) in [5.74, 6) is 0. The van der Waals surface area contributed by atoms with Crippen LogP contribution >= 0.6 is 0 Å². The topological polar surface area (TPSA) is 38.3 Å². The Balaban J connectivity index is 1.80.